The average Bonchev–Trinajstić information content (AvgIpc) is 2.68. The number of carbonyl (C=O) groups excluding carboxylic acids is 1. The van der Waals surface area contributed by atoms with Gasteiger partial charge in [0.1, 0.15) is 5.02 Å². The number of nitro groups is 1. The Labute approximate surface area is 164 Å². The van der Waals surface area contributed by atoms with E-state index in [1.54, 1.807) is 36.4 Å². The number of carbonyl (C=O) groups is 1. The van der Waals surface area contributed by atoms with Gasteiger partial charge in [0.15, 0.2) is 5.82 Å². The maximum absolute atomic E-state index is 11.5. The van der Waals surface area contributed by atoms with Gasteiger partial charge in [-0.3, -0.25) is 14.9 Å². The molecule has 1 heterocycles. The molecule has 28 heavy (non-hydrogen) atoms. The highest BCUT2D eigenvalue weighted by Gasteiger charge is 2.11. The minimum Gasteiger partial charge on any atom is -0.366 e. The molecule has 0 saturated carbocycles. The van der Waals surface area contributed by atoms with Gasteiger partial charge in [-0.2, -0.15) is 4.98 Å². The highest BCUT2D eigenvalue weighted by molar-refractivity contribution is 6.32. The summed E-state index contributed by atoms with van der Waals surface area (Å²) in [5.74, 6) is 0.0127. The molecule has 0 bridgehead atoms. The lowest BCUT2D eigenvalue weighted by Crippen LogP contribution is -2.15. The molecule has 3 rings (SSSR count). The van der Waals surface area contributed by atoms with Crippen LogP contribution < -0.4 is 16.4 Å². The summed E-state index contributed by atoms with van der Waals surface area (Å²) in [6, 6.07) is 12.9. The third-order valence-corrected chi connectivity index (χ3v) is 4.06. The quantitative estimate of drug-likeness (QED) is 0.409. The van der Waals surface area contributed by atoms with Gasteiger partial charge in [0.05, 0.1) is 11.1 Å². The summed E-state index contributed by atoms with van der Waals surface area (Å²) in [6.07, 6.45) is 1.40. The van der Waals surface area contributed by atoms with Crippen LogP contribution in [0.4, 0.5) is 23.1 Å². The lowest BCUT2D eigenvalue weighted by molar-refractivity contribution is -0.384. The smallest absolute Gasteiger partial charge is 0.271 e. The minimum atomic E-state index is -0.529. The van der Waals surface area contributed by atoms with Gasteiger partial charge in [0, 0.05) is 29.9 Å². The first-order valence-electron chi connectivity index (χ1n) is 8.09. The van der Waals surface area contributed by atoms with E-state index in [-0.39, 0.29) is 23.2 Å². The number of benzene rings is 2. The van der Waals surface area contributed by atoms with E-state index in [0.29, 0.717) is 22.6 Å². The molecule has 0 aliphatic rings. The van der Waals surface area contributed by atoms with Gasteiger partial charge in [0.2, 0.25) is 11.9 Å². The van der Waals surface area contributed by atoms with Crippen LogP contribution in [0.15, 0.2) is 54.7 Å². The maximum atomic E-state index is 11.5. The van der Waals surface area contributed by atoms with Gasteiger partial charge in [-0.15, -0.1) is 0 Å². The molecule has 10 heteroatoms. The topological polar surface area (TPSA) is 136 Å². The molecule has 0 spiro atoms. The lowest BCUT2D eigenvalue weighted by Gasteiger charge is -2.11. The van der Waals surface area contributed by atoms with Gasteiger partial charge in [-0.1, -0.05) is 35.9 Å². The van der Waals surface area contributed by atoms with Crippen molar-refractivity contribution in [3.8, 4) is 0 Å². The van der Waals surface area contributed by atoms with Gasteiger partial charge in [-0.25, -0.2) is 4.98 Å². The van der Waals surface area contributed by atoms with Crippen LogP contribution in [0.5, 0.6) is 0 Å². The number of aromatic nitrogens is 2. The van der Waals surface area contributed by atoms with Crippen LogP contribution in [0.2, 0.25) is 5.02 Å². The Morgan fingerprint density at radius 3 is 2.75 bits per heavy atom. The number of anilines is 3. The van der Waals surface area contributed by atoms with Crippen molar-refractivity contribution < 1.29 is 9.72 Å². The molecule has 0 aliphatic carbocycles. The first-order valence-corrected chi connectivity index (χ1v) is 8.47. The summed E-state index contributed by atoms with van der Waals surface area (Å²) < 4.78 is 0. The summed E-state index contributed by atoms with van der Waals surface area (Å²) in [4.78, 5) is 30.3. The number of rotatable bonds is 7. The molecule has 1 amide bonds. The third kappa shape index (κ3) is 4.51. The van der Waals surface area contributed by atoms with Crippen molar-refractivity contribution in [2.24, 2.45) is 5.73 Å². The van der Waals surface area contributed by atoms with E-state index < -0.39 is 10.8 Å². The van der Waals surface area contributed by atoms with Gasteiger partial charge >= 0.3 is 0 Å². The van der Waals surface area contributed by atoms with Crippen LogP contribution in [0.1, 0.15) is 15.9 Å². The van der Waals surface area contributed by atoms with E-state index in [4.69, 9.17) is 17.3 Å². The molecule has 0 unspecified atom stereocenters. The number of nitrogens with two attached hydrogens (primary N) is 1. The molecule has 1 aromatic heterocycles. The molecule has 4 N–H and O–H groups in total. The van der Waals surface area contributed by atoms with Crippen molar-refractivity contribution in [3.05, 3.63) is 81.0 Å². The Hall–Kier alpha value is -3.72. The van der Waals surface area contributed by atoms with E-state index in [2.05, 4.69) is 20.6 Å². The van der Waals surface area contributed by atoms with Crippen LogP contribution in [0.25, 0.3) is 0 Å². The van der Waals surface area contributed by atoms with Crippen molar-refractivity contribution in [1.82, 2.24) is 9.97 Å². The molecule has 0 saturated heterocycles. The molecular formula is C18H15ClN6O3. The SMILES string of the molecule is NC(=O)c1ccccc1CNc1nc(Nc2cccc([N+](=O)[O-])c2)ncc1Cl. The molecule has 0 fully saturated rings. The molecular weight excluding hydrogens is 384 g/mol. The molecule has 0 aliphatic heterocycles. The fraction of sp³-hybridized carbons (Fsp3) is 0.0556. The first kappa shape index (κ1) is 19.1. The van der Waals surface area contributed by atoms with Crippen molar-refractivity contribution in [2.45, 2.75) is 6.54 Å². The largest absolute Gasteiger partial charge is 0.366 e. The summed E-state index contributed by atoms with van der Waals surface area (Å²) in [6.45, 7) is 0.270. The molecule has 2 aromatic carbocycles. The summed E-state index contributed by atoms with van der Waals surface area (Å²) in [5.41, 5.74) is 6.88. The van der Waals surface area contributed by atoms with E-state index in [1.807, 2.05) is 0 Å². The zero-order valence-corrected chi connectivity index (χ0v) is 15.2. The second-order valence-electron chi connectivity index (χ2n) is 5.70. The number of non-ortho nitro benzene ring substituents is 1. The first-order chi connectivity index (χ1) is 13.4. The van der Waals surface area contributed by atoms with Gasteiger partial charge in [0.25, 0.3) is 5.69 Å². The monoisotopic (exact) mass is 398 g/mol. The number of halogens is 1. The zero-order valence-electron chi connectivity index (χ0n) is 14.4. The van der Waals surface area contributed by atoms with E-state index in [9.17, 15) is 14.9 Å². The Morgan fingerprint density at radius 2 is 2.00 bits per heavy atom. The minimum absolute atomic E-state index is 0.0552. The molecule has 142 valence electrons. The normalized spacial score (nSPS) is 10.3. The van der Waals surface area contributed by atoms with Gasteiger partial charge < -0.3 is 16.4 Å². The number of hydrogen-bond acceptors (Lipinski definition) is 7. The van der Waals surface area contributed by atoms with E-state index >= 15 is 0 Å². The second kappa shape index (κ2) is 8.31. The van der Waals surface area contributed by atoms with Crippen molar-refractivity contribution in [2.75, 3.05) is 10.6 Å². The number of hydrogen-bond donors (Lipinski definition) is 3. The number of nitro benzene ring substituents is 1. The maximum Gasteiger partial charge on any atom is 0.271 e. The average molecular weight is 399 g/mol. The lowest BCUT2D eigenvalue weighted by atomic mass is 10.1. The Morgan fingerprint density at radius 1 is 1.21 bits per heavy atom. The summed E-state index contributed by atoms with van der Waals surface area (Å²) >= 11 is 6.14. The zero-order chi connectivity index (χ0) is 20.1. The van der Waals surface area contributed by atoms with Crippen LogP contribution in [-0.4, -0.2) is 20.8 Å². The van der Waals surface area contributed by atoms with Crippen LogP contribution in [-0.2, 0) is 6.54 Å². The summed E-state index contributed by atoms with van der Waals surface area (Å²) in [7, 11) is 0. The van der Waals surface area contributed by atoms with Crippen molar-refractivity contribution in [1.29, 1.82) is 0 Å². The van der Waals surface area contributed by atoms with Crippen LogP contribution in [0, 0.1) is 10.1 Å². The summed E-state index contributed by atoms with van der Waals surface area (Å²) in [5, 5.41) is 17.1. The standard InChI is InChI=1S/C18H15ClN6O3/c19-15-10-22-18(23-12-5-3-6-13(8-12)25(27)28)24-17(15)21-9-11-4-1-2-7-14(11)16(20)26/h1-8,10H,9H2,(H2,20,26)(H2,21,22,23,24). The van der Waals surface area contributed by atoms with Gasteiger partial charge in [-0.05, 0) is 17.7 Å². The number of amides is 1. The second-order valence-corrected chi connectivity index (χ2v) is 6.10. The van der Waals surface area contributed by atoms with Crippen LogP contribution >= 0.6 is 11.6 Å². The van der Waals surface area contributed by atoms with Crippen molar-refractivity contribution in [3.63, 3.8) is 0 Å². The molecule has 0 radical (unpaired) electrons. The third-order valence-electron chi connectivity index (χ3n) is 3.79. The predicted octanol–water partition coefficient (Wildman–Crippen LogP) is 3.49. The fourth-order valence-electron chi connectivity index (χ4n) is 2.47. The van der Waals surface area contributed by atoms with E-state index in [1.165, 1.54) is 18.3 Å². The van der Waals surface area contributed by atoms with Crippen molar-refractivity contribution >= 4 is 40.6 Å². The highest BCUT2D eigenvalue weighted by atomic mass is 35.5. The van der Waals surface area contributed by atoms with Crippen LogP contribution in [0.3, 0.4) is 0 Å². The molecule has 9 nitrogen and oxygen atoms in total. The fourth-order valence-corrected chi connectivity index (χ4v) is 2.63. The highest BCUT2D eigenvalue weighted by Crippen LogP contribution is 2.24. The molecule has 0 atom stereocenters. The number of nitrogens with zero attached hydrogens (tertiary/aromatic N) is 3. The Kier molecular flexibility index (Phi) is 5.66. The predicted molar refractivity (Wildman–Crippen MR) is 106 cm³/mol. The Balaban J connectivity index is 1.78. The number of primary amides is 1. The van der Waals surface area contributed by atoms with E-state index in [0.717, 1.165) is 0 Å². The number of nitrogens with one attached hydrogen (secondary N) is 2. The molecule has 3 aromatic rings. The Bertz CT molecular complexity index is 1040.